The summed E-state index contributed by atoms with van der Waals surface area (Å²) < 4.78 is 43.7. The van der Waals surface area contributed by atoms with Crippen molar-refractivity contribution in [1.29, 1.82) is 10.5 Å². The predicted molar refractivity (Wildman–Crippen MR) is 153 cm³/mol. The number of rotatable bonds is 22. The number of esters is 2. The minimum absolute atomic E-state index is 0.0169. The van der Waals surface area contributed by atoms with Gasteiger partial charge < -0.3 is 37.9 Å². The first-order chi connectivity index (χ1) is 20.5. The molecule has 1 aliphatic heterocycles. The number of nitrogens with zero attached hydrogens (tertiary/aromatic N) is 2. The topological polar surface area (TPSA) is 156 Å². The Morgan fingerprint density at radius 2 is 1.00 bits per heavy atom. The molecule has 0 amide bonds. The van der Waals surface area contributed by atoms with Crippen molar-refractivity contribution in [3.63, 3.8) is 0 Å². The van der Waals surface area contributed by atoms with Gasteiger partial charge >= 0.3 is 11.9 Å². The first-order valence-corrected chi connectivity index (χ1v) is 14.4. The van der Waals surface area contributed by atoms with Crippen LogP contribution in [0.1, 0.15) is 0 Å². The smallest absolute Gasteiger partial charge is 0.330 e. The number of carbonyl (C=O) groups is 2. The summed E-state index contributed by atoms with van der Waals surface area (Å²) in [7, 11) is 0. The molecule has 1 aromatic carbocycles. The minimum Gasteiger partial charge on any atom is -0.490 e. The number of nitriles is 2. The van der Waals surface area contributed by atoms with Gasteiger partial charge in [0.05, 0.1) is 66.9 Å². The molecule has 0 aliphatic carbocycles. The molecule has 0 unspecified atom stereocenters. The molecule has 1 aromatic rings. The van der Waals surface area contributed by atoms with Crippen LogP contribution >= 0.6 is 23.5 Å². The monoisotopic (exact) mass is 620 g/mol. The SMILES string of the molecule is C=CC(=O)OCCOCCOCCOc1ccc(OCCOCCOCCOC(=O)C=C)c2c1SC(=C(C#N)C#N)S2. The van der Waals surface area contributed by atoms with E-state index in [1.165, 1.54) is 23.5 Å². The van der Waals surface area contributed by atoms with Gasteiger partial charge in [-0.05, 0) is 12.1 Å². The molecule has 42 heavy (non-hydrogen) atoms. The van der Waals surface area contributed by atoms with Gasteiger partial charge in [-0.3, -0.25) is 0 Å². The number of benzene rings is 1. The Hall–Kier alpha value is -3.50. The van der Waals surface area contributed by atoms with E-state index in [2.05, 4.69) is 13.2 Å². The maximum atomic E-state index is 10.9. The van der Waals surface area contributed by atoms with Crippen molar-refractivity contribution in [3.8, 4) is 23.6 Å². The molecule has 2 rings (SSSR count). The Morgan fingerprint density at radius 3 is 1.36 bits per heavy atom. The Bertz CT molecular complexity index is 1090. The van der Waals surface area contributed by atoms with Crippen LogP contribution in [0, 0.1) is 22.7 Å². The van der Waals surface area contributed by atoms with Crippen molar-refractivity contribution >= 4 is 35.5 Å². The lowest BCUT2D eigenvalue weighted by molar-refractivity contribution is -0.140. The molecule has 0 aromatic heterocycles. The highest BCUT2D eigenvalue weighted by molar-refractivity contribution is 8.24. The number of ether oxygens (including phenoxy) is 8. The number of allylic oxidation sites excluding steroid dienone is 1. The zero-order chi connectivity index (χ0) is 30.4. The van der Waals surface area contributed by atoms with Gasteiger partial charge in [-0.2, -0.15) is 10.5 Å². The predicted octanol–water partition coefficient (Wildman–Crippen LogP) is 3.43. The fourth-order valence-electron chi connectivity index (χ4n) is 2.96. The molecule has 14 heteroatoms. The van der Waals surface area contributed by atoms with E-state index in [0.717, 1.165) is 21.9 Å². The Labute approximate surface area is 253 Å². The molecule has 1 heterocycles. The molecule has 0 radical (unpaired) electrons. The fraction of sp³-hybridized carbons (Fsp3) is 0.429. The Morgan fingerprint density at radius 1 is 0.643 bits per heavy atom. The summed E-state index contributed by atoms with van der Waals surface area (Å²) in [5, 5.41) is 18.7. The largest absolute Gasteiger partial charge is 0.490 e. The van der Waals surface area contributed by atoms with Gasteiger partial charge in [0, 0.05) is 12.2 Å². The highest BCUT2D eigenvalue weighted by atomic mass is 32.2. The van der Waals surface area contributed by atoms with Crippen molar-refractivity contribution in [2.24, 2.45) is 0 Å². The first-order valence-electron chi connectivity index (χ1n) is 12.8. The molecule has 12 nitrogen and oxygen atoms in total. The molecule has 226 valence electrons. The average Bonchev–Trinajstić information content (AvgIpc) is 3.45. The lowest BCUT2D eigenvalue weighted by Crippen LogP contribution is -2.14. The zero-order valence-corrected chi connectivity index (χ0v) is 24.6. The summed E-state index contributed by atoms with van der Waals surface area (Å²) in [6.07, 6.45) is 2.18. The van der Waals surface area contributed by atoms with Crippen LogP contribution < -0.4 is 9.47 Å². The molecule has 0 fully saturated rings. The number of carbonyl (C=O) groups excluding carboxylic acids is 2. The molecule has 0 N–H and O–H groups in total. The first kappa shape index (κ1) is 34.7. The molecule has 0 spiro atoms. The normalized spacial score (nSPS) is 11.5. The summed E-state index contributed by atoms with van der Waals surface area (Å²) in [6.45, 7) is 9.94. The minimum atomic E-state index is -0.497. The van der Waals surface area contributed by atoms with Crippen molar-refractivity contribution in [1.82, 2.24) is 0 Å². The third-order valence-electron chi connectivity index (χ3n) is 4.85. The highest BCUT2D eigenvalue weighted by Gasteiger charge is 2.28. The van der Waals surface area contributed by atoms with Crippen LogP contribution in [0.2, 0.25) is 0 Å². The average molecular weight is 621 g/mol. The van der Waals surface area contributed by atoms with E-state index >= 15 is 0 Å². The van der Waals surface area contributed by atoms with E-state index in [4.69, 9.17) is 37.9 Å². The van der Waals surface area contributed by atoms with Crippen LogP contribution in [0.15, 0.2) is 57.0 Å². The molecule has 0 bridgehead atoms. The van der Waals surface area contributed by atoms with Gasteiger partial charge in [0.2, 0.25) is 0 Å². The number of hydrogen-bond donors (Lipinski definition) is 0. The highest BCUT2D eigenvalue weighted by Crippen LogP contribution is 2.58. The van der Waals surface area contributed by atoms with E-state index in [9.17, 15) is 20.1 Å². The summed E-state index contributed by atoms with van der Waals surface area (Å²) in [4.78, 5) is 23.4. The number of hydrogen-bond acceptors (Lipinski definition) is 14. The van der Waals surface area contributed by atoms with E-state index in [0.29, 0.717) is 55.4 Å². The maximum absolute atomic E-state index is 10.9. The van der Waals surface area contributed by atoms with Crippen LogP contribution in [0.25, 0.3) is 0 Å². The van der Waals surface area contributed by atoms with E-state index in [1.807, 2.05) is 12.1 Å². The quantitative estimate of drug-likeness (QED) is 0.0804. The summed E-state index contributed by atoms with van der Waals surface area (Å²) in [6, 6.07) is 7.39. The van der Waals surface area contributed by atoms with Crippen LogP contribution in [-0.2, 0) is 38.0 Å². The summed E-state index contributed by atoms with van der Waals surface area (Å²) >= 11 is 2.56. The number of thioether (sulfide) groups is 2. The zero-order valence-electron chi connectivity index (χ0n) is 23.0. The third kappa shape index (κ3) is 13.0. The molecule has 0 saturated heterocycles. The lowest BCUT2D eigenvalue weighted by Gasteiger charge is -2.14. The standard InChI is InChI=1S/C28H32N2O10S2/c1-3-24(31)39-17-13-35-9-7-33-11-15-37-22-5-6-23(27-26(22)41-28(42-27)21(19-29)20-30)38-16-12-34-8-10-36-14-18-40-25(32)4-2/h3-6H,1-2,7-18H2. The Kier molecular flexibility index (Phi) is 17.5. The Balaban J connectivity index is 1.76. The molecule has 0 saturated carbocycles. The maximum Gasteiger partial charge on any atom is 0.330 e. The molecular formula is C28H32N2O10S2. The molecular weight excluding hydrogens is 588 g/mol. The second kappa shape index (κ2) is 21.2. The van der Waals surface area contributed by atoms with E-state index < -0.39 is 11.9 Å². The second-order valence-electron chi connectivity index (χ2n) is 7.70. The van der Waals surface area contributed by atoms with Crippen LogP contribution in [0.5, 0.6) is 11.5 Å². The van der Waals surface area contributed by atoms with Gasteiger partial charge in [0.1, 0.15) is 55.6 Å². The summed E-state index contributed by atoms with van der Waals surface area (Å²) in [5.41, 5.74) is 0.0169. The van der Waals surface area contributed by atoms with Crippen molar-refractivity contribution in [3.05, 3.63) is 47.3 Å². The van der Waals surface area contributed by atoms with E-state index in [1.54, 1.807) is 12.1 Å². The molecule has 1 aliphatic rings. The van der Waals surface area contributed by atoms with Crippen molar-refractivity contribution < 1.29 is 47.5 Å². The van der Waals surface area contributed by atoms with Gasteiger partial charge in [0.15, 0.2) is 0 Å². The van der Waals surface area contributed by atoms with E-state index in [-0.39, 0.29) is 45.2 Å². The van der Waals surface area contributed by atoms with Crippen molar-refractivity contribution in [2.75, 3.05) is 79.3 Å². The van der Waals surface area contributed by atoms with Crippen LogP contribution in [-0.4, -0.2) is 91.2 Å². The van der Waals surface area contributed by atoms with Gasteiger partial charge in [0.25, 0.3) is 0 Å². The van der Waals surface area contributed by atoms with Crippen molar-refractivity contribution in [2.45, 2.75) is 9.79 Å². The lowest BCUT2D eigenvalue weighted by atomic mass is 10.3. The third-order valence-corrected chi connectivity index (χ3v) is 7.48. The van der Waals surface area contributed by atoms with Gasteiger partial charge in [-0.25, -0.2) is 9.59 Å². The van der Waals surface area contributed by atoms with Crippen LogP contribution in [0.3, 0.4) is 0 Å². The van der Waals surface area contributed by atoms with Crippen LogP contribution in [0.4, 0.5) is 0 Å². The fourth-order valence-corrected chi connectivity index (χ4v) is 5.47. The van der Waals surface area contributed by atoms with Gasteiger partial charge in [-0.1, -0.05) is 36.7 Å². The van der Waals surface area contributed by atoms with Gasteiger partial charge in [-0.15, -0.1) is 0 Å². The molecule has 0 atom stereocenters. The summed E-state index contributed by atoms with van der Waals surface area (Å²) in [5.74, 6) is 0.166. The second-order valence-corrected chi connectivity index (χ2v) is 10.00. The number of fused-ring (bicyclic) bond motifs is 1.